The quantitative estimate of drug-likeness (QED) is 0.0581. The van der Waals surface area contributed by atoms with Gasteiger partial charge in [-0.15, -0.1) is 0 Å². The summed E-state index contributed by atoms with van der Waals surface area (Å²) in [6.45, 7) is -0.480. The predicted molar refractivity (Wildman–Crippen MR) is 113 cm³/mol. The molecule has 0 aromatic heterocycles. The van der Waals surface area contributed by atoms with Crippen LogP contribution in [0.3, 0.4) is 0 Å². The number of carbonyl (C=O) groups is 6. The molecule has 0 rings (SSSR count). The topological polar surface area (TPSA) is 295 Å². The van der Waals surface area contributed by atoms with Gasteiger partial charge in [0.05, 0.1) is 19.0 Å². The molecule has 4 amide bonds. The molecule has 0 bridgehead atoms. The first-order valence-electron chi connectivity index (χ1n) is 9.74. The van der Waals surface area contributed by atoms with E-state index < -0.39 is 73.1 Å². The van der Waals surface area contributed by atoms with Crippen molar-refractivity contribution >= 4 is 41.5 Å². The molecule has 0 aromatic carbocycles. The number of hydrogen-bond acceptors (Lipinski definition) is 8. The molecule has 33 heavy (non-hydrogen) atoms. The SMILES string of the molecule is NC(=O)CC(N)C(=O)NCC(=O)NC(CCCN=C(N)N)C(=O)NC(CCC(=O)O)C(=O)O. The van der Waals surface area contributed by atoms with Crippen molar-refractivity contribution in [2.45, 2.75) is 50.2 Å². The molecule has 0 aliphatic carbocycles. The van der Waals surface area contributed by atoms with Crippen LogP contribution in [0.15, 0.2) is 4.99 Å². The highest BCUT2D eigenvalue weighted by Gasteiger charge is 2.27. The molecular weight excluding hydrogens is 444 g/mol. The zero-order chi connectivity index (χ0) is 25.6. The number of amides is 4. The van der Waals surface area contributed by atoms with Gasteiger partial charge in [0.15, 0.2) is 5.96 Å². The first-order valence-corrected chi connectivity index (χ1v) is 9.74. The minimum atomic E-state index is -1.50. The summed E-state index contributed by atoms with van der Waals surface area (Å²) in [5, 5.41) is 24.6. The third-order valence-corrected chi connectivity index (χ3v) is 4.04. The number of rotatable bonds is 16. The Labute approximate surface area is 188 Å². The molecule has 0 aliphatic rings. The monoisotopic (exact) mass is 474 g/mol. The predicted octanol–water partition coefficient (Wildman–Crippen LogP) is -4.72. The highest BCUT2D eigenvalue weighted by Crippen LogP contribution is 2.03. The lowest BCUT2D eigenvalue weighted by atomic mass is 10.1. The summed E-state index contributed by atoms with van der Waals surface area (Å²) in [7, 11) is 0. The molecule has 186 valence electrons. The van der Waals surface area contributed by atoms with Crippen molar-refractivity contribution in [3.63, 3.8) is 0 Å². The summed E-state index contributed by atoms with van der Waals surface area (Å²) in [5.74, 6) is -6.21. The molecule has 16 heteroatoms. The fourth-order valence-electron chi connectivity index (χ4n) is 2.42. The second-order valence-electron chi connectivity index (χ2n) is 6.90. The first kappa shape index (κ1) is 29.0. The lowest BCUT2D eigenvalue weighted by Gasteiger charge is -2.21. The van der Waals surface area contributed by atoms with E-state index in [1.165, 1.54) is 0 Å². The zero-order valence-corrected chi connectivity index (χ0v) is 17.8. The van der Waals surface area contributed by atoms with Gasteiger partial charge in [-0.3, -0.25) is 29.0 Å². The number of nitrogens with two attached hydrogens (primary N) is 4. The van der Waals surface area contributed by atoms with Crippen molar-refractivity contribution in [2.24, 2.45) is 27.9 Å². The van der Waals surface area contributed by atoms with Crippen molar-refractivity contribution in [1.82, 2.24) is 16.0 Å². The van der Waals surface area contributed by atoms with E-state index in [-0.39, 0.29) is 31.8 Å². The van der Waals surface area contributed by atoms with E-state index >= 15 is 0 Å². The number of carboxylic acids is 2. The Morgan fingerprint density at radius 1 is 0.879 bits per heavy atom. The van der Waals surface area contributed by atoms with Crippen LogP contribution in [0.5, 0.6) is 0 Å². The highest BCUT2D eigenvalue weighted by atomic mass is 16.4. The molecule has 0 saturated heterocycles. The summed E-state index contributed by atoms with van der Waals surface area (Å²) in [4.78, 5) is 73.0. The molecule has 16 nitrogen and oxygen atoms in total. The van der Waals surface area contributed by atoms with Crippen LogP contribution in [0.1, 0.15) is 32.1 Å². The van der Waals surface area contributed by atoms with Crippen LogP contribution in [-0.4, -0.2) is 83.0 Å². The number of nitrogens with one attached hydrogen (secondary N) is 3. The smallest absolute Gasteiger partial charge is 0.326 e. The van der Waals surface area contributed by atoms with Gasteiger partial charge in [-0.25, -0.2) is 4.79 Å². The molecule has 0 fully saturated rings. The van der Waals surface area contributed by atoms with Gasteiger partial charge >= 0.3 is 11.9 Å². The van der Waals surface area contributed by atoms with Crippen molar-refractivity contribution in [3.8, 4) is 0 Å². The van der Waals surface area contributed by atoms with E-state index in [4.69, 9.17) is 28.0 Å². The second-order valence-corrected chi connectivity index (χ2v) is 6.90. The van der Waals surface area contributed by atoms with Crippen LogP contribution in [0.2, 0.25) is 0 Å². The van der Waals surface area contributed by atoms with Crippen LogP contribution < -0.4 is 38.9 Å². The Morgan fingerprint density at radius 2 is 1.52 bits per heavy atom. The number of guanidine groups is 1. The lowest BCUT2D eigenvalue weighted by Crippen LogP contribution is -2.54. The van der Waals surface area contributed by atoms with Crippen LogP contribution in [0, 0.1) is 0 Å². The van der Waals surface area contributed by atoms with Crippen molar-refractivity contribution in [2.75, 3.05) is 13.1 Å². The normalized spacial score (nSPS) is 13.0. The minimum Gasteiger partial charge on any atom is -0.481 e. The molecule has 3 atom stereocenters. The van der Waals surface area contributed by atoms with Gasteiger partial charge in [-0.1, -0.05) is 0 Å². The van der Waals surface area contributed by atoms with Crippen molar-refractivity contribution < 1.29 is 39.0 Å². The minimum absolute atomic E-state index is 0.00520. The van der Waals surface area contributed by atoms with E-state index in [2.05, 4.69) is 20.9 Å². The maximum atomic E-state index is 12.6. The Morgan fingerprint density at radius 3 is 2.03 bits per heavy atom. The van der Waals surface area contributed by atoms with Gasteiger partial charge in [0.2, 0.25) is 23.6 Å². The van der Waals surface area contributed by atoms with Gasteiger partial charge < -0.3 is 49.1 Å². The van der Waals surface area contributed by atoms with Gasteiger partial charge in [-0.05, 0) is 19.3 Å². The number of aliphatic carboxylic acids is 2. The second kappa shape index (κ2) is 15.0. The molecule has 3 unspecified atom stereocenters. The third kappa shape index (κ3) is 13.9. The molecule has 0 heterocycles. The van der Waals surface area contributed by atoms with E-state index in [0.717, 1.165) is 0 Å². The van der Waals surface area contributed by atoms with Gasteiger partial charge in [-0.2, -0.15) is 0 Å². The fraction of sp³-hybridized carbons (Fsp3) is 0.588. The van der Waals surface area contributed by atoms with E-state index in [9.17, 15) is 33.9 Å². The maximum absolute atomic E-state index is 12.6. The molecule has 0 aromatic rings. The maximum Gasteiger partial charge on any atom is 0.326 e. The number of nitrogens with zero attached hydrogens (tertiary/aromatic N) is 1. The molecule has 0 aliphatic heterocycles. The number of aliphatic imine (C=N–C) groups is 1. The molecule has 0 spiro atoms. The summed E-state index contributed by atoms with van der Waals surface area (Å²) in [6, 6.07) is -4.01. The van der Waals surface area contributed by atoms with Crippen molar-refractivity contribution in [1.29, 1.82) is 0 Å². The van der Waals surface area contributed by atoms with E-state index in [0.29, 0.717) is 0 Å². The summed E-state index contributed by atoms with van der Waals surface area (Å²) >= 11 is 0. The van der Waals surface area contributed by atoms with Gasteiger partial charge in [0.25, 0.3) is 0 Å². The molecule has 0 saturated carbocycles. The lowest BCUT2D eigenvalue weighted by molar-refractivity contribution is -0.143. The Bertz CT molecular complexity index is 768. The average Bonchev–Trinajstić information content (AvgIpc) is 2.70. The third-order valence-electron chi connectivity index (χ3n) is 4.04. The zero-order valence-electron chi connectivity index (χ0n) is 17.8. The van der Waals surface area contributed by atoms with Crippen LogP contribution >= 0.6 is 0 Å². The Balaban J connectivity index is 5.10. The molecular formula is C17H30N8O8. The van der Waals surface area contributed by atoms with Gasteiger partial charge in [0, 0.05) is 13.0 Å². The van der Waals surface area contributed by atoms with Crippen molar-refractivity contribution in [3.05, 3.63) is 0 Å². The largest absolute Gasteiger partial charge is 0.481 e. The summed E-state index contributed by atoms with van der Waals surface area (Å²) in [5.41, 5.74) is 20.8. The molecule has 13 N–H and O–H groups in total. The fourth-order valence-corrected chi connectivity index (χ4v) is 2.42. The standard InChI is InChI=1S/C17H30N8O8/c18-8(6-11(19)26)14(30)23-7-12(27)24-9(2-1-5-22-17(20)21)15(31)25-10(16(32)33)3-4-13(28)29/h8-10H,1-7,18H2,(H2,19,26)(H,23,30)(H,24,27)(H,25,31)(H,28,29)(H,32,33)(H4,20,21,22). The summed E-state index contributed by atoms with van der Waals surface area (Å²) in [6.07, 6.45) is -1.10. The number of carboxylic acid groups (broad SMARTS) is 2. The van der Waals surface area contributed by atoms with Crippen LogP contribution in [-0.2, 0) is 28.8 Å². The van der Waals surface area contributed by atoms with E-state index in [1.54, 1.807) is 0 Å². The number of hydrogen-bond donors (Lipinski definition) is 9. The van der Waals surface area contributed by atoms with Crippen LogP contribution in [0.25, 0.3) is 0 Å². The average molecular weight is 474 g/mol. The Kier molecular flexibility index (Phi) is 13.2. The van der Waals surface area contributed by atoms with Crippen LogP contribution in [0.4, 0.5) is 0 Å². The number of primary amides is 1. The van der Waals surface area contributed by atoms with E-state index in [1.807, 2.05) is 0 Å². The Hall–Kier alpha value is -3.95. The number of carbonyl (C=O) groups excluding carboxylic acids is 4. The molecule has 0 radical (unpaired) electrons. The highest BCUT2D eigenvalue weighted by molar-refractivity contribution is 5.93. The first-order chi connectivity index (χ1) is 15.3. The van der Waals surface area contributed by atoms with Gasteiger partial charge in [0.1, 0.15) is 12.1 Å². The summed E-state index contributed by atoms with van der Waals surface area (Å²) < 4.78 is 0.